The van der Waals surface area contributed by atoms with Crippen LogP contribution in [-0.4, -0.2) is 45.8 Å². The number of nitrogens with one attached hydrogen (secondary N) is 3. The van der Waals surface area contributed by atoms with Crippen LogP contribution in [0.15, 0.2) is 47.4 Å². The van der Waals surface area contributed by atoms with Crippen molar-refractivity contribution >= 4 is 33.0 Å². The molecular weight excluding hydrogens is 364 g/mol. The molecule has 0 aliphatic carbocycles. The van der Waals surface area contributed by atoms with Crippen LogP contribution in [0.5, 0.6) is 0 Å². The monoisotopic (exact) mass is 390 g/mol. The molecule has 0 aromatic heterocycles. The van der Waals surface area contributed by atoms with E-state index in [1.54, 1.807) is 12.1 Å². The molecule has 146 valence electrons. The molecule has 0 atom stereocenters. The van der Waals surface area contributed by atoms with Gasteiger partial charge in [0.15, 0.2) is 0 Å². The number of carbonyl (C=O) groups is 1. The average molecular weight is 391 g/mol. The molecule has 1 amide bonds. The second kappa shape index (κ2) is 8.88. The van der Waals surface area contributed by atoms with Crippen molar-refractivity contribution in [2.45, 2.75) is 18.7 Å². The van der Waals surface area contributed by atoms with Crippen LogP contribution in [0.3, 0.4) is 0 Å². The zero-order chi connectivity index (χ0) is 20.0. The van der Waals surface area contributed by atoms with Crippen molar-refractivity contribution in [3.8, 4) is 0 Å². The molecule has 2 rings (SSSR count). The van der Waals surface area contributed by atoms with Gasteiger partial charge in [-0.2, -0.15) is 0 Å². The van der Waals surface area contributed by atoms with Gasteiger partial charge in [0.2, 0.25) is 15.9 Å². The van der Waals surface area contributed by atoms with E-state index in [-0.39, 0.29) is 17.3 Å². The standard InChI is InChI=1S/C19H26N4O3S/c1-5-20-17-11-10-16(27(25,26)23(3)4)12-18(17)21-13-19(24)22-15-8-6-14(2)7-9-15/h6-12,20-21H,5,13H2,1-4H3,(H,22,24). The van der Waals surface area contributed by atoms with E-state index >= 15 is 0 Å². The summed E-state index contributed by atoms with van der Waals surface area (Å²) < 4.78 is 25.9. The summed E-state index contributed by atoms with van der Waals surface area (Å²) in [5, 5.41) is 8.99. The van der Waals surface area contributed by atoms with Gasteiger partial charge in [0, 0.05) is 26.3 Å². The van der Waals surface area contributed by atoms with E-state index in [4.69, 9.17) is 0 Å². The summed E-state index contributed by atoms with van der Waals surface area (Å²) in [5.74, 6) is -0.220. The zero-order valence-electron chi connectivity index (χ0n) is 16.0. The number of hydrogen-bond acceptors (Lipinski definition) is 5. The number of carbonyl (C=O) groups excluding carboxylic acids is 1. The summed E-state index contributed by atoms with van der Waals surface area (Å²) in [6, 6.07) is 12.3. The summed E-state index contributed by atoms with van der Waals surface area (Å²) in [5.41, 5.74) is 3.11. The SMILES string of the molecule is CCNc1ccc(S(=O)(=O)N(C)C)cc1NCC(=O)Nc1ccc(C)cc1. The topological polar surface area (TPSA) is 90.5 Å². The van der Waals surface area contributed by atoms with Crippen molar-refractivity contribution in [3.63, 3.8) is 0 Å². The predicted molar refractivity (Wildman–Crippen MR) is 110 cm³/mol. The first-order valence-electron chi connectivity index (χ1n) is 8.65. The molecule has 2 aromatic rings. The number of hydrogen-bond donors (Lipinski definition) is 3. The van der Waals surface area contributed by atoms with Crippen molar-refractivity contribution in [1.29, 1.82) is 0 Å². The molecule has 0 aliphatic heterocycles. The third-order valence-electron chi connectivity index (χ3n) is 3.91. The number of sulfonamides is 1. The highest BCUT2D eigenvalue weighted by Crippen LogP contribution is 2.26. The molecule has 2 aromatic carbocycles. The molecule has 0 bridgehead atoms. The van der Waals surface area contributed by atoms with Crippen LogP contribution in [0.2, 0.25) is 0 Å². The Labute approximate surface area is 160 Å². The number of benzene rings is 2. The van der Waals surface area contributed by atoms with Crippen LogP contribution in [0.4, 0.5) is 17.1 Å². The maximum atomic E-state index is 12.4. The van der Waals surface area contributed by atoms with Gasteiger partial charge in [-0.05, 0) is 44.2 Å². The Kier molecular flexibility index (Phi) is 6.81. The Balaban J connectivity index is 2.15. The fourth-order valence-corrected chi connectivity index (χ4v) is 3.33. The van der Waals surface area contributed by atoms with Crippen molar-refractivity contribution in [1.82, 2.24) is 4.31 Å². The molecule has 0 saturated carbocycles. The van der Waals surface area contributed by atoms with Crippen LogP contribution >= 0.6 is 0 Å². The minimum absolute atomic E-state index is 0.0116. The third-order valence-corrected chi connectivity index (χ3v) is 5.72. The van der Waals surface area contributed by atoms with Gasteiger partial charge in [0.05, 0.1) is 22.8 Å². The Morgan fingerprint density at radius 3 is 2.26 bits per heavy atom. The Morgan fingerprint density at radius 1 is 1.00 bits per heavy atom. The lowest BCUT2D eigenvalue weighted by Gasteiger charge is -2.17. The van der Waals surface area contributed by atoms with E-state index in [9.17, 15) is 13.2 Å². The first kappa shape index (κ1) is 20.7. The molecule has 0 spiro atoms. The number of amides is 1. The van der Waals surface area contributed by atoms with Crippen molar-refractivity contribution in [2.24, 2.45) is 0 Å². The number of aryl methyl sites for hydroxylation is 1. The van der Waals surface area contributed by atoms with Crippen LogP contribution in [0.1, 0.15) is 12.5 Å². The van der Waals surface area contributed by atoms with E-state index < -0.39 is 10.0 Å². The Morgan fingerprint density at radius 2 is 1.67 bits per heavy atom. The molecule has 0 saturated heterocycles. The van der Waals surface area contributed by atoms with Crippen molar-refractivity contribution in [3.05, 3.63) is 48.0 Å². The fraction of sp³-hybridized carbons (Fsp3) is 0.316. The molecule has 0 unspecified atom stereocenters. The highest BCUT2D eigenvalue weighted by molar-refractivity contribution is 7.89. The van der Waals surface area contributed by atoms with Crippen LogP contribution < -0.4 is 16.0 Å². The molecular formula is C19H26N4O3S. The summed E-state index contributed by atoms with van der Waals surface area (Å²) in [6.45, 7) is 4.60. The molecule has 0 aliphatic rings. The van der Waals surface area contributed by atoms with Crippen LogP contribution in [0.25, 0.3) is 0 Å². The van der Waals surface area contributed by atoms with E-state index in [0.717, 1.165) is 15.6 Å². The maximum absolute atomic E-state index is 12.4. The lowest BCUT2D eigenvalue weighted by Crippen LogP contribution is -2.24. The number of rotatable bonds is 8. The molecule has 8 heteroatoms. The molecule has 0 heterocycles. The number of nitrogens with zero attached hydrogens (tertiary/aromatic N) is 1. The lowest BCUT2D eigenvalue weighted by molar-refractivity contribution is -0.114. The summed E-state index contributed by atoms with van der Waals surface area (Å²) in [7, 11) is -0.594. The normalized spacial score (nSPS) is 11.3. The zero-order valence-corrected chi connectivity index (χ0v) is 16.9. The molecule has 0 radical (unpaired) electrons. The summed E-state index contributed by atoms with van der Waals surface area (Å²) in [4.78, 5) is 12.4. The quantitative estimate of drug-likeness (QED) is 0.645. The van der Waals surface area contributed by atoms with Gasteiger partial charge < -0.3 is 16.0 Å². The minimum Gasteiger partial charge on any atom is -0.384 e. The largest absolute Gasteiger partial charge is 0.384 e. The minimum atomic E-state index is -3.56. The summed E-state index contributed by atoms with van der Waals surface area (Å²) in [6.07, 6.45) is 0. The van der Waals surface area contributed by atoms with E-state index in [1.165, 1.54) is 20.2 Å². The van der Waals surface area contributed by atoms with E-state index in [1.807, 2.05) is 38.1 Å². The van der Waals surface area contributed by atoms with Gasteiger partial charge in [-0.3, -0.25) is 4.79 Å². The Bertz CT molecular complexity index is 894. The molecule has 3 N–H and O–H groups in total. The summed E-state index contributed by atoms with van der Waals surface area (Å²) >= 11 is 0. The number of anilines is 3. The van der Waals surface area contributed by atoms with Gasteiger partial charge >= 0.3 is 0 Å². The second-order valence-corrected chi connectivity index (χ2v) is 8.44. The van der Waals surface area contributed by atoms with E-state index in [0.29, 0.717) is 17.9 Å². The second-order valence-electron chi connectivity index (χ2n) is 6.29. The first-order valence-corrected chi connectivity index (χ1v) is 10.1. The van der Waals surface area contributed by atoms with Crippen LogP contribution in [-0.2, 0) is 14.8 Å². The fourth-order valence-electron chi connectivity index (χ4n) is 2.40. The van der Waals surface area contributed by atoms with Gasteiger partial charge in [-0.1, -0.05) is 17.7 Å². The lowest BCUT2D eigenvalue weighted by atomic mass is 10.2. The van der Waals surface area contributed by atoms with Gasteiger partial charge in [-0.25, -0.2) is 12.7 Å². The average Bonchev–Trinajstić information content (AvgIpc) is 2.62. The molecule has 27 heavy (non-hydrogen) atoms. The highest BCUT2D eigenvalue weighted by atomic mass is 32.2. The molecule has 0 fully saturated rings. The smallest absolute Gasteiger partial charge is 0.243 e. The Hall–Kier alpha value is -2.58. The van der Waals surface area contributed by atoms with Crippen molar-refractivity contribution < 1.29 is 13.2 Å². The third kappa shape index (κ3) is 5.45. The maximum Gasteiger partial charge on any atom is 0.243 e. The highest BCUT2D eigenvalue weighted by Gasteiger charge is 2.19. The van der Waals surface area contributed by atoms with Gasteiger partial charge in [-0.15, -0.1) is 0 Å². The first-order chi connectivity index (χ1) is 12.7. The van der Waals surface area contributed by atoms with Crippen molar-refractivity contribution in [2.75, 3.05) is 43.1 Å². The van der Waals surface area contributed by atoms with Gasteiger partial charge in [0.1, 0.15) is 0 Å². The predicted octanol–water partition coefficient (Wildman–Crippen LogP) is 2.73. The molecule has 7 nitrogen and oxygen atoms in total. The van der Waals surface area contributed by atoms with Gasteiger partial charge in [0.25, 0.3) is 0 Å². The van der Waals surface area contributed by atoms with E-state index in [2.05, 4.69) is 16.0 Å². The van der Waals surface area contributed by atoms with Crippen LogP contribution in [0, 0.1) is 6.92 Å².